The molecule has 20 heavy (non-hydrogen) atoms. The van der Waals surface area contributed by atoms with Gasteiger partial charge in [-0.3, -0.25) is 14.5 Å². The van der Waals surface area contributed by atoms with Crippen molar-refractivity contribution in [3.63, 3.8) is 0 Å². The van der Waals surface area contributed by atoms with Crippen molar-refractivity contribution in [2.24, 2.45) is 0 Å². The number of phenolic OH excluding ortho intramolecular Hbond substituents is 1. The predicted molar refractivity (Wildman–Crippen MR) is 72.3 cm³/mol. The molecule has 0 aromatic heterocycles. The lowest BCUT2D eigenvalue weighted by atomic mass is 10.0. The summed E-state index contributed by atoms with van der Waals surface area (Å²) in [6.45, 7) is 3.58. The third-order valence-electron chi connectivity index (χ3n) is 3.54. The molecule has 1 unspecified atom stereocenters. The van der Waals surface area contributed by atoms with Crippen LogP contribution in [0.2, 0.25) is 0 Å². The molecule has 1 aliphatic heterocycles. The number of piperazine rings is 1. The number of carboxylic acids is 1. The molecule has 1 heterocycles. The number of carbonyl (C=O) groups excluding carboxylic acids is 1. The Morgan fingerprint density at radius 1 is 1.20 bits per heavy atom. The molecule has 1 atom stereocenters. The van der Waals surface area contributed by atoms with E-state index >= 15 is 0 Å². The molecular weight excluding hydrogens is 260 g/mol. The van der Waals surface area contributed by atoms with Gasteiger partial charge in [0, 0.05) is 33.1 Å². The number of hydrogen-bond acceptors (Lipinski definition) is 4. The van der Waals surface area contributed by atoms with E-state index in [1.807, 2.05) is 4.90 Å². The number of carboxylic acid groups (broad SMARTS) is 1. The van der Waals surface area contributed by atoms with Gasteiger partial charge in [0.1, 0.15) is 11.8 Å². The molecule has 6 nitrogen and oxygen atoms in total. The van der Waals surface area contributed by atoms with Crippen LogP contribution in [-0.2, 0) is 9.59 Å². The van der Waals surface area contributed by atoms with Gasteiger partial charge >= 0.3 is 5.97 Å². The maximum Gasteiger partial charge on any atom is 0.325 e. The first-order valence-corrected chi connectivity index (χ1v) is 6.50. The molecule has 2 rings (SSSR count). The average Bonchev–Trinajstić information content (AvgIpc) is 2.39. The predicted octanol–water partition coefficient (Wildman–Crippen LogP) is 0.682. The van der Waals surface area contributed by atoms with Gasteiger partial charge in [0.05, 0.1) is 0 Å². The van der Waals surface area contributed by atoms with Crippen LogP contribution in [0.5, 0.6) is 5.75 Å². The van der Waals surface area contributed by atoms with E-state index in [2.05, 4.69) is 0 Å². The van der Waals surface area contributed by atoms with Gasteiger partial charge in [-0.1, -0.05) is 12.1 Å². The molecule has 1 aromatic carbocycles. The average molecular weight is 278 g/mol. The smallest absolute Gasteiger partial charge is 0.325 e. The Bertz CT molecular complexity index is 510. The molecule has 0 bridgehead atoms. The van der Waals surface area contributed by atoms with Crippen LogP contribution >= 0.6 is 0 Å². The quantitative estimate of drug-likeness (QED) is 0.850. The van der Waals surface area contributed by atoms with Gasteiger partial charge in [-0.15, -0.1) is 0 Å². The zero-order valence-electron chi connectivity index (χ0n) is 11.3. The van der Waals surface area contributed by atoms with Gasteiger partial charge in [-0.05, 0) is 17.7 Å². The first-order valence-electron chi connectivity index (χ1n) is 6.50. The molecule has 0 aliphatic carbocycles. The van der Waals surface area contributed by atoms with Crippen LogP contribution in [0.3, 0.4) is 0 Å². The summed E-state index contributed by atoms with van der Waals surface area (Å²) in [7, 11) is 0. The molecule has 2 N–H and O–H groups in total. The highest BCUT2D eigenvalue weighted by atomic mass is 16.4. The van der Waals surface area contributed by atoms with E-state index in [0.717, 1.165) is 0 Å². The lowest BCUT2D eigenvalue weighted by Gasteiger charge is -2.37. The second-order valence-corrected chi connectivity index (χ2v) is 4.88. The van der Waals surface area contributed by atoms with Crippen molar-refractivity contribution in [1.82, 2.24) is 9.80 Å². The fourth-order valence-electron chi connectivity index (χ4n) is 2.50. The van der Waals surface area contributed by atoms with E-state index in [4.69, 9.17) is 0 Å². The standard InChI is InChI=1S/C14H18N2O4/c1-10(17)15-5-7-16(8-6-15)13(14(19)20)11-3-2-4-12(18)9-11/h2-4,9,13,18H,5-8H2,1H3,(H,19,20). The maximum absolute atomic E-state index is 11.5. The summed E-state index contributed by atoms with van der Waals surface area (Å²) in [6.07, 6.45) is 0. The first-order chi connectivity index (χ1) is 9.49. The van der Waals surface area contributed by atoms with E-state index in [0.29, 0.717) is 31.7 Å². The fraction of sp³-hybridized carbons (Fsp3) is 0.429. The van der Waals surface area contributed by atoms with Crippen LogP contribution in [0, 0.1) is 0 Å². The normalized spacial score (nSPS) is 17.8. The summed E-state index contributed by atoms with van der Waals surface area (Å²) in [5.74, 6) is -0.892. The molecule has 0 saturated carbocycles. The Balaban J connectivity index is 2.15. The second kappa shape index (κ2) is 5.92. The van der Waals surface area contributed by atoms with Crippen molar-refractivity contribution >= 4 is 11.9 Å². The number of rotatable bonds is 3. The van der Waals surface area contributed by atoms with Crippen molar-refractivity contribution in [2.75, 3.05) is 26.2 Å². The van der Waals surface area contributed by atoms with Gasteiger partial charge in [0.2, 0.25) is 5.91 Å². The van der Waals surface area contributed by atoms with Crippen molar-refractivity contribution in [3.8, 4) is 5.75 Å². The second-order valence-electron chi connectivity index (χ2n) is 4.88. The summed E-state index contributed by atoms with van der Waals surface area (Å²) in [6, 6.07) is 5.50. The van der Waals surface area contributed by atoms with Crippen LogP contribution in [0.4, 0.5) is 0 Å². The summed E-state index contributed by atoms with van der Waals surface area (Å²) < 4.78 is 0. The molecule has 0 spiro atoms. The monoisotopic (exact) mass is 278 g/mol. The number of nitrogens with zero attached hydrogens (tertiary/aromatic N) is 2. The first kappa shape index (κ1) is 14.3. The topological polar surface area (TPSA) is 81.1 Å². The summed E-state index contributed by atoms with van der Waals surface area (Å²) in [4.78, 5) is 26.3. The van der Waals surface area contributed by atoms with E-state index in [-0.39, 0.29) is 11.7 Å². The van der Waals surface area contributed by atoms with Crippen molar-refractivity contribution < 1.29 is 19.8 Å². The number of benzene rings is 1. The summed E-state index contributed by atoms with van der Waals surface area (Å²) in [5, 5.41) is 18.9. The Morgan fingerprint density at radius 3 is 2.35 bits per heavy atom. The maximum atomic E-state index is 11.5. The van der Waals surface area contributed by atoms with Gasteiger partial charge in [0.15, 0.2) is 0 Å². The van der Waals surface area contributed by atoms with E-state index in [9.17, 15) is 19.8 Å². The van der Waals surface area contributed by atoms with Crippen LogP contribution in [-0.4, -0.2) is 58.1 Å². The minimum atomic E-state index is -0.952. The number of aromatic hydroxyl groups is 1. The van der Waals surface area contributed by atoms with Gasteiger partial charge in [-0.25, -0.2) is 0 Å². The lowest BCUT2D eigenvalue weighted by Crippen LogP contribution is -2.50. The Hall–Kier alpha value is -2.08. The Labute approximate surface area is 117 Å². The zero-order chi connectivity index (χ0) is 14.7. The van der Waals surface area contributed by atoms with Gasteiger partial charge in [0.25, 0.3) is 0 Å². The van der Waals surface area contributed by atoms with E-state index in [1.54, 1.807) is 17.0 Å². The largest absolute Gasteiger partial charge is 0.508 e. The molecule has 1 fully saturated rings. The van der Waals surface area contributed by atoms with Crippen LogP contribution in [0.25, 0.3) is 0 Å². The Morgan fingerprint density at radius 2 is 1.85 bits per heavy atom. The molecule has 1 amide bonds. The van der Waals surface area contributed by atoms with E-state index in [1.165, 1.54) is 19.1 Å². The van der Waals surface area contributed by atoms with Gasteiger partial charge < -0.3 is 15.1 Å². The SMILES string of the molecule is CC(=O)N1CCN(C(C(=O)O)c2cccc(O)c2)CC1. The fourth-order valence-corrected chi connectivity index (χ4v) is 2.50. The molecular formula is C14H18N2O4. The Kier molecular flexibility index (Phi) is 4.24. The van der Waals surface area contributed by atoms with Crippen LogP contribution in [0.15, 0.2) is 24.3 Å². The number of aliphatic carboxylic acids is 1. The number of amides is 1. The van der Waals surface area contributed by atoms with Crippen molar-refractivity contribution in [1.29, 1.82) is 0 Å². The highest BCUT2D eigenvalue weighted by molar-refractivity contribution is 5.76. The summed E-state index contributed by atoms with van der Waals surface area (Å²) in [5.41, 5.74) is 0.550. The zero-order valence-corrected chi connectivity index (χ0v) is 11.3. The number of carbonyl (C=O) groups is 2. The van der Waals surface area contributed by atoms with E-state index < -0.39 is 12.0 Å². The third-order valence-corrected chi connectivity index (χ3v) is 3.54. The van der Waals surface area contributed by atoms with Crippen molar-refractivity contribution in [3.05, 3.63) is 29.8 Å². The lowest BCUT2D eigenvalue weighted by molar-refractivity contribution is -0.145. The summed E-state index contributed by atoms with van der Waals surface area (Å²) >= 11 is 0. The highest BCUT2D eigenvalue weighted by Crippen LogP contribution is 2.25. The third kappa shape index (κ3) is 3.08. The minimum absolute atomic E-state index is 0.00822. The number of hydrogen-bond donors (Lipinski definition) is 2. The van der Waals surface area contributed by atoms with Crippen molar-refractivity contribution in [2.45, 2.75) is 13.0 Å². The molecule has 0 radical (unpaired) electrons. The molecule has 1 aliphatic rings. The molecule has 1 aromatic rings. The molecule has 6 heteroatoms. The number of phenols is 1. The van der Waals surface area contributed by atoms with Crippen LogP contribution < -0.4 is 0 Å². The van der Waals surface area contributed by atoms with Gasteiger partial charge in [-0.2, -0.15) is 0 Å². The molecule has 1 saturated heterocycles. The van der Waals surface area contributed by atoms with Crippen LogP contribution in [0.1, 0.15) is 18.5 Å². The highest BCUT2D eigenvalue weighted by Gasteiger charge is 2.30. The minimum Gasteiger partial charge on any atom is -0.508 e. The molecule has 108 valence electrons.